The van der Waals surface area contributed by atoms with Crippen molar-refractivity contribution in [2.45, 2.75) is 4.90 Å². The second-order valence-corrected chi connectivity index (χ2v) is 9.91. The molecule has 1 aromatic heterocycles. The Balaban J connectivity index is 1.59. The van der Waals surface area contributed by atoms with E-state index >= 15 is 0 Å². The van der Waals surface area contributed by atoms with Gasteiger partial charge in [-0.05, 0) is 46.5 Å². The van der Waals surface area contributed by atoms with Gasteiger partial charge in [-0.1, -0.05) is 28.1 Å². The number of morpholine rings is 1. The number of esters is 1. The molecule has 0 saturated carbocycles. The van der Waals surface area contributed by atoms with Gasteiger partial charge in [0.05, 0.1) is 13.2 Å². The van der Waals surface area contributed by atoms with Crippen molar-refractivity contribution in [3.63, 3.8) is 0 Å². The topological polar surface area (TPSA) is 72.9 Å². The molecule has 0 radical (unpaired) electrons. The van der Waals surface area contributed by atoms with Crippen molar-refractivity contribution >= 4 is 54.0 Å². The lowest BCUT2D eigenvalue weighted by atomic mass is 10.1. The maximum Gasteiger partial charge on any atom is 0.355 e. The minimum Gasteiger partial charge on any atom is -0.422 e. The molecule has 146 valence electrons. The molecule has 1 fully saturated rings. The highest BCUT2D eigenvalue weighted by atomic mass is 79.9. The largest absolute Gasteiger partial charge is 0.422 e. The zero-order valence-electron chi connectivity index (χ0n) is 14.6. The van der Waals surface area contributed by atoms with Gasteiger partial charge in [0.1, 0.15) is 15.5 Å². The zero-order valence-corrected chi connectivity index (χ0v) is 17.8. The first-order valence-corrected chi connectivity index (χ1v) is 11.6. The fraction of sp³-hybridized carbons (Fsp3) is 0.211. The summed E-state index contributed by atoms with van der Waals surface area (Å²) in [6, 6.07) is 12.5. The van der Waals surface area contributed by atoms with Crippen LogP contribution in [0.1, 0.15) is 9.67 Å². The predicted octanol–water partition coefficient (Wildman–Crippen LogP) is 3.90. The van der Waals surface area contributed by atoms with E-state index in [9.17, 15) is 13.2 Å². The molecule has 1 saturated heterocycles. The van der Waals surface area contributed by atoms with E-state index in [1.807, 2.05) is 24.3 Å². The summed E-state index contributed by atoms with van der Waals surface area (Å²) in [5.74, 6) is -0.318. The Morgan fingerprint density at radius 2 is 1.79 bits per heavy atom. The van der Waals surface area contributed by atoms with E-state index in [0.29, 0.717) is 19.0 Å². The molecular weight excluding hydrogens is 466 g/mol. The Labute approximate surface area is 174 Å². The fourth-order valence-corrected chi connectivity index (χ4v) is 6.04. The Morgan fingerprint density at radius 3 is 2.57 bits per heavy atom. The van der Waals surface area contributed by atoms with Crippen LogP contribution >= 0.6 is 27.3 Å². The predicted molar refractivity (Wildman–Crippen MR) is 111 cm³/mol. The number of thiophene rings is 1. The van der Waals surface area contributed by atoms with Gasteiger partial charge in [0.25, 0.3) is 0 Å². The summed E-state index contributed by atoms with van der Waals surface area (Å²) in [4.78, 5) is 12.7. The van der Waals surface area contributed by atoms with Gasteiger partial charge in [0.15, 0.2) is 0 Å². The SMILES string of the molecule is O=C(Oc1ccc2cc(Br)ccc2c1)c1sccc1S(=O)(=O)N1CCOCC1. The third-order valence-electron chi connectivity index (χ3n) is 4.39. The van der Waals surface area contributed by atoms with Crippen LogP contribution in [-0.2, 0) is 14.8 Å². The first kappa shape index (κ1) is 19.5. The van der Waals surface area contributed by atoms with E-state index < -0.39 is 16.0 Å². The molecule has 0 N–H and O–H groups in total. The number of nitrogens with zero attached hydrogens (tertiary/aromatic N) is 1. The lowest BCUT2D eigenvalue weighted by Crippen LogP contribution is -2.40. The summed E-state index contributed by atoms with van der Waals surface area (Å²) in [7, 11) is -3.77. The van der Waals surface area contributed by atoms with Gasteiger partial charge in [-0.2, -0.15) is 4.31 Å². The highest BCUT2D eigenvalue weighted by molar-refractivity contribution is 9.10. The van der Waals surface area contributed by atoms with Crippen molar-refractivity contribution in [2.24, 2.45) is 0 Å². The highest BCUT2D eigenvalue weighted by Gasteiger charge is 2.32. The normalized spacial score (nSPS) is 15.6. The van der Waals surface area contributed by atoms with Crippen LogP contribution in [0.2, 0.25) is 0 Å². The Hall–Kier alpha value is -1.78. The molecule has 0 unspecified atom stereocenters. The highest BCUT2D eigenvalue weighted by Crippen LogP contribution is 2.29. The van der Waals surface area contributed by atoms with E-state index in [-0.39, 0.29) is 22.9 Å². The summed E-state index contributed by atoms with van der Waals surface area (Å²) in [6.07, 6.45) is 0. The molecule has 0 amide bonds. The quantitative estimate of drug-likeness (QED) is 0.417. The monoisotopic (exact) mass is 481 g/mol. The third kappa shape index (κ3) is 3.85. The number of ether oxygens (including phenoxy) is 2. The van der Waals surface area contributed by atoms with E-state index in [1.165, 1.54) is 10.4 Å². The van der Waals surface area contributed by atoms with Crippen molar-refractivity contribution in [3.8, 4) is 5.75 Å². The standard InChI is InChI=1S/C19H16BrNO5S2/c20-15-3-1-14-12-16(4-2-13(14)11-15)26-19(22)18-17(5-10-27-18)28(23,24)21-6-8-25-9-7-21/h1-5,10-12H,6-9H2. The van der Waals surface area contributed by atoms with Crippen molar-refractivity contribution in [3.05, 3.63) is 57.2 Å². The van der Waals surface area contributed by atoms with Gasteiger partial charge in [0.2, 0.25) is 10.0 Å². The summed E-state index contributed by atoms with van der Waals surface area (Å²) in [5, 5.41) is 3.50. The maximum atomic E-state index is 12.9. The van der Waals surface area contributed by atoms with Gasteiger partial charge in [-0.25, -0.2) is 13.2 Å². The molecule has 28 heavy (non-hydrogen) atoms. The van der Waals surface area contributed by atoms with Crippen LogP contribution in [0.5, 0.6) is 5.75 Å². The van der Waals surface area contributed by atoms with E-state index in [4.69, 9.17) is 9.47 Å². The van der Waals surface area contributed by atoms with Crippen molar-refractivity contribution < 1.29 is 22.7 Å². The van der Waals surface area contributed by atoms with Gasteiger partial charge in [-0.15, -0.1) is 11.3 Å². The van der Waals surface area contributed by atoms with Gasteiger partial charge in [-0.3, -0.25) is 0 Å². The van der Waals surface area contributed by atoms with Crippen LogP contribution in [0.4, 0.5) is 0 Å². The molecule has 0 aliphatic carbocycles. The van der Waals surface area contributed by atoms with Crippen LogP contribution in [0.15, 0.2) is 57.2 Å². The number of carbonyl (C=O) groups is 1. The maximum absolute atomic E-state index is 12.9. The lowest BCUT2D eigenvalue weighted by Gasteiger charge is -2.25. The molecular formula is C19H16BrNO5S2. The number of halogens is 1. The number of hydrogen-bond acceptors (Lipinski definition) is 6. The summed E-state index contributed by atoms with van der Waals surface area (Å²) < 4.78 is 38.8. The lowest BCUT2D eigenvalue weighted by molar-refractivity contribution is 0.0721. The molecule has 9 heteroatoms. The minimum atomic E-state index is -3.77. The molecule has 4 rings (SSSR count). The number of sulfonamides is 1. The smallest absolute Gasteiger partial charge is 0.355 e. The molecule has 2 heterocycles. The summed E-state index contributed by atoms with van der Waals surface area (Å²) in [5.41, 5.74) is 0. The number of rotatable bonds is 4. The van der Waals surface area contributed by atoms with Crippen LogP contribution in [0, 0.1) is 0 Å². The van der Waals surface area contributed by atoms with Gasteiger partial charge in [0, 0.05) is 17.6 Å². The fourth-order valence-electron chi connectivity index (χ4n) is 2.99. The molecule has 0 atom stereocenters. The van der Waals surface area contributed by atoms with Crippen LogP contribution in [0.25, 0.3) is 10.8 Å². The van der Waals surface area contributed by atoms with E-state index in [0.717, 1.165) is 26.6 Å². The molecule has 0 spiro atoms. The number of hydrogen-bond donors (Lipinski definition) is 0. The van der Waals surface area contributed by atoms with Crippen LogP contribution < -0.4 is 4.74 Å². The number of fused-ring (bicyclic) bond motifs is 1. The molecule has 3 aromatic rings. The molecule has 0 bridgehead atoms. The minimum absolute atomic E-state index is 0.0193. The zero-order chi connectivity index (χ0) is 19.7. The van der Waals surface area contributed by atoms with Crippen molar-refractivity contribution in [1.29, 1.82) is 0 Å². The number of benzene rings is 2. The van der Waals surface area contributed by atoms with Crippen LogP contribution in [-0.4, -0.2) is 45.0 Å². The van der Waals surface area contributed by atoms with Crippen LogP contribution in [0.3, 0.4) is 0 Å². The van der Waals surface area contributed by atoms with Crippen molar-refractivity contribution in [1.82, 2.24) is 4.31 Å². The van der Waals surface area contributed by atoms with Crippen molar-refractivity contribution in [2.75, 3.05) is 26.3 Å². The summed E-state index contributed by atoms with van der Waals surface area (Å²) >= 11 is 4.48. The van der Waals surface area contributed by atoms with Gasteiger partial charge >= 0.3 is 5.97 Å². The van der Waals surface area contributed by atoms with Gasteiger partial charge < -0.3 is 9.47 Å². The van der Waals surface area contributed by atoms with E-state index in [2.05, 4.69) is 15.9 Å². The Bertz CT molecular complexity index is 1140. The average molecular weight is 482 g/mol. The third-order valence-corrected chi connectivity index (χ3v) is 7.84. The summed E-state index contributed by atoms with van der Waals surface area (Å²) in [6.45, 7) is 1.23. The van der Waals surface area contributed by atoms with E-state index in [1.54, 1.807) is 17.5 Å². The second-order valence-electron chi connectivity index (χ2n) is 6.17. The Morgan fingerprint density at radius 1 is 1.07 bits per heavy atom. The molecule has 6 nitrogen and oxygen atoms in total. The molecule has 1 aliphatic heterocycles. The molecule has 1 aliphatic rings. The second kappa shape index (κ2) is 7.92. The first-order chi connectivity index (χ1) is 13.4. The Kier molecular flexibility index (Phi) is 5.52. The first-order valence-electron chi connectivity index (χ1n) is 8.52. The average Bonchev–Trinajstić information content (AvgIpc) is 3.20. The number of carbonyl (C=O) groups excluding carboxylic acids is 1. The molecule has 2 aromatic carbocycles.